The van der Waals surface area contributed by atoms with E-state index in [0.29, 0.717) is 17.3 Å². The second-order valence-electron chi connectivity index (χ2n) is 3.97. The van der Waals surface area contributed by atoms with Gasteiger partial charge in [-0.15, -0.1) is 0 Å². The van der Waals surface area contributed by atoms with Crippen LogP contribution in [0.3, 0.4) is 0 Å². The van der Waals surface area contributed by atoms with E-state index in [-0.39, 0.29) is 0 Å². The number of para-hydroxylation sites is 1. The first-order valence-corrected chi connectivity index (χ1v) is 6.01. The third-order valence-corrected chi connectivity index (χ3v) is 2.77. The van der Waals surface area contributed by atoms with Gasteiger partial charge in [0.05, 0.1) is 5.69 Å². The van der Waals surface area contributed by atoms with E-state index in [2.05, 4.69) is 4.98 Å². The Morgan fingerprint density at radius 1 is 1.33 bits per heavy atom. The van der Waals surface area contributed by atoms with E-state index < -0.39 is 0 Å². The fourth-order valence-corrected chi connectivity index (χ4v) is 1.69. The van der Waals surface area contributed by atoms with Crippen LogP contribution in [0.4, 0.5) is 0 Å². The number of nitrogens with zero attached hydrogens (tertiary/aromatic N) is 1. The highest BCUT2D eigenvalue weighted by Crippen LogP contribution is 2.17. The molecule has 0 aliphatic heterocycles. The highest BCUT2D eigenvalue weighted by molar-refractivity contribution is 7.80. The SMILES string of the molecule is Cc1ccccc1OCc1ccnc(C(N)=S)c1. The maximum Gasteiger partial charge on any atom is 0.122 e. The molecule has 1 aromatic heterocycles. The Morgan fingerprint density at radius 3 is 2.83 bits per heavy atom. The van der Waals surface area contributed by atoms with Crippen molar-refractivity contribution in [2.24, 2.45) is 5.73 Å². The lowest BCUT2D eigenvalue weighted by Crippen LogP contribution is -2.12. The molecule has 92 valence electrons. The number of nitrogens with two attached hydrogens (primary N) is 1. The van der Waals surface area contributed by atoms with E-state index in [1.807, 2.05) is 43.3 Å². The fourth-order valence-electron chi connectivity index (χ4n) is 1.58. The van der Waals surface area contributed by atoms with Crippen molar-refractivity contribution in [3.63, 3.8) is 0 Å². The van der Waals surface area contributed by atoms with Gasteiger partial charge in [0.2, 0.25) is 0 Å². The lowest BCUT2D eigenvalue weighted by atomic mass is 10.2. The molecule has 1 aromatic carbocycles. The molecule has 18 heavy (non-hydrogen) atoms. The average Bonchev–Trinajstić information content (AvgIpc) is 2.38. The number of pyridine rings is 1. The number of hydrogen-bond acceptors (Lipinski definition) is 3. The first kappa shape index (κ1) is 12.5. The second kappa shape index (κ2) is 5.60. The summed E-state index contributed by atoms with van der Waals surface area (Å²) in [5.74, 6) is 0.881. The molecule has 2 N–H and O–H groups in total. The topological polar surface area (TPSA) is 48.1 Å². The summed E-state index contributed by atoms with van der Waals surface area (Å²) in [5.41, 5.74) is 8.27. The van der Waals surface area contributed by atoms with E-state index in [0.717, 1.165) is 16.9 Å². The van der Waals surface area contributed by atoms with Gasteiger partial charge in [-0.2, -0.15) is 0 Å². The summed E-state index contributed by atoms with van der Waals surface area (Å²) in [5, 5.41) is 0. The Morgan fingerprint density at radius 2 is 2.11 bits per heavy atom. The molecule has 0 spiro atoms. The summed E-state index contributed by atoms with van der Waals surface area (Å²) in [6, 6.07) is 11.6. The minimum atomic E-state index is 0.299. The number of hydrogen-bond donors (Lipinski definition) is 1. The second-order valence-corrected chi connectivity index (χ2v) is 4.41. The van der Waals surface area contributed by atoms with Crippen LogP contribution in [-0.2, 0) is 6.61 Å². The Labute approximate surface area is 112 Å². The number of ether oxygens (including phenoxy) is 1. The van der Waals surface area contributed by atoms with Crippen LogP contribution in [0, 0.1) is 6.92 Å². The number of aromatic nitrogens is 1. The van der Waals surface area contributed by atoms with Crippen molar-refractivity contribution < 1.29 is 4.74 Å². The van der Waals surface area contributed by atoms with Gasteiger partial charge >= 0.3 is 0 Å². The Hall–Kier alpha value is -1.94. The van der Waals surface area contributed by atoms with Crippen molar-refractivity contribution in [3.05, 3.63) is 59.4 Å². The molecule has 0 saturated carbocycles. The summed E-state index contributed by atoms with van der Waals surface area (Å²) in [6.45, 7) is 2.49. The van der Waals surface area contributed by atoms with E-state index in [4.69, 9.17) is 22.7 Å². The van der Waals surface area contributed by atoms with Gasteiger partial charge in [0.15, 0.2) is 0 Å². The number of benzene rings is 1. The molecule has 2 aromatic rings. The Bertz CT molecular complexity index is 569. The molecule has 0 saturated heterocycles. The molecule has 0 fully saturated rings. The highest BCUT2D eigenvalue weighted by atomic mass is 32.1. The molecule has 2 rings (SSSR count). The van der Waals surface area contributed by atoms with Crippen LogP contribution < -0.4 is 10.5 Å². The predicted octanol–water partition coefficient (Wildman–Crippen LogP) is 2.60. The van der Waals surface area contributed by atoms with Crippen LogP contribution in [-0.4, -0.2) is 9.97 Å². The lowest BCUT2D eigenvalue weighted by molar-refractivity contribution is 0.304. The Kier molecular flexibility index (Phi) is 3.89. The predicted molar refractivity (Wildman–Crippen MR) is 75.6 cm³/mol. The first-order valence-electron chi connectivity index (χ1n) is 5.60. The normalized spacial score (nSPS) is 10.1. The number of aryl methyl sites for hydroxylation is 1. The van der Waals surface area contributed by atoms with Crippen molar-refractivity contribution in [1.82, 2.24) is 4.98 Å². The van der Waals surface area contributed by atoms with Crippen molar-refractivity contribution >= 4 is 17.2 Å². The smallest absolute Gasteiger partial charge is 0.122 e. The zero-order valence-corrected chi connectivity index (χ0v) is 10.9. The van der Waals surface area contributed by atoms with Crippen molar-refractivity contribution in [2.45, 2.75) is 13.5 Å². The summed E-state index contributed by atoms with van der Waals surface area (Å²) < 4.78 is 5.75. The summed E-state index contributed by atoms with van der Waals surface area (Å²) >= 11 is 4.89. The van der Waals surface area contributed by atoms with Gasteiger partial charge in [0.25, 0.3) is 0 Å². The fraction of sp³-hybridized carbons (Fsp3) is 0.143. The van der Waals surface area contributed by atoms with E-state index in [9.17, 15) is 0 Å². The third-order valence-electron chi connectivity index (χ3n) is 2.56. The minimum Gasteiger partial charge on any atom is -0.489 e. The molecule has 3 nitrogen and oxygen atoms in total. The van der Waals surface area contributed by atoms with Gasteiger partial charge in [-0.3, -0.25) is 4.98 Å². The largest absolute Gasteiger partial charge is 0.489 e. The van der Waals surface area contributed by atoms with E-state index in [1.165, 1.54) is 0 Å². The molecule has 0 amide bonds. The van der Waals surface area contributed by atoms with Crippen molar-refractivity contribution in [2.75, 3.05) is 0 Å². The zero-order valence-electron chi connectivity index (χ0n) is 10.1. The quantitative estimate of drug-likeness (QED) is 0.856. The van der Waals surface area contributed by atoms with Gasteiger partial charge in [-0.1, -0.05) is 30.4 Å². The average molecular weight is 258 g/mol. The number of rotatable bonds is 4. The molecular formula is C14H14N2OS. The van der Waals surface area contributed by atoms with Crippen LogP contribution in [0.15, 0.2) is 42.6 Å². The summed E-state index contributed by atoms with van der Waals surface area (Å²) in [4.78, 5) is 4.39. The molecule has 0 unspecified atom stereocenters. The molecule has 0 aliphatic carbocycles. The van der Waals surface area contributed by atoms with Gasteiger partial charge in [-0.05, 0) is 36.2 Å². The van der Waals surface area contributed by atoms with Crippen LogP contribution in [0.2, 0.25) is 0 Å². The Balaban J connectivity index is 2.09. The van der Waals surface area contributed by atoms with Crippen LogP contribution in [0.5, 0.6) is 5.75 Å². The highest BCUT2D eigenvalue weighted by Gasteiger charge is 2.02. The van der Waals surface area contributed by atoms with Gasteiger partial charge in [0.1, 0.15) is 17.3 Å². The lowest BCUT2D eigenvalue weighted by Gasteiger charge is -2.09. The monoisotopic (exact) mass is 258 g/mol. The van der Waals surface area contributed by atoms with Gasteiger partial charge < -0.3 is 10.5 Å². The first-order chi connectivity index (χ1) is 8.66. The molecule has 0 radical (unpaired) electrons. The third kappa shape index (κ3) is 3.05. The van der Waals surface area contributed by atoms with Crippen molar-refractivity contribution in [3.8, 4) is 5.75 Å². The van der Waals surface area contributed by atoms with Crippen LogP contribution in [0.25, 0.3) is 0 Å². The molecule has 0 atom stereocenters. The number of thiocarbonyl (C=S) groups is 1. The molecule has 1 heterocycles. The van der Waals surface area contributed by atoms with E-state index >= 15 is 0 Å². The molecular weight excluding hydrogens is 244 g/mol. The maximum atomic E-state index is 5.75. The maximum absolute atomic E-state index is 5.75. The summed E-state index contributed by atoms with van der Waals surface area (Å²) in [6.07, 6.45) is 1.69. The van der Waals surface area contributed by atoms with E-state index in [1.54, 1.807) is 6.20 Å². The van der Waals surface area contributed by atoms with Gasteiger partial charge in [-0.25, -0.2) is 0 Å². The van der Waals surface area contributed by atoms with Crippen molar-refractivity contribution in [1.29, 1.82) is 0 Å². The van der Waals surface area contributed by atoms with Gasteiger partial charge in [0, 0.05) is 6.20 Å². The van der Waals surface area contributed by atoms with Crippen LogP contribution in [0.1, 0.15) is 16.8 Å². The standard InChI is InChI=1S/C14H14N2OS/c1-10-4-2-3-5-13(10)17-9-11-6-7-16-12(8-11)14(15)18/h2-8H,9H2,1H3,(H2,15,18). The van der Waals surface area contributed by atoms with Crippen LogP contribution >= 0.6 is 12.2 Å². The zero-order chi connectivity index (χ0) is 13.0. The molecule has 0 aliphatic rings. The minimum absolute atomic E-state index is 0.299. The molecule has 0 bridgehead atoms. The molecule has 4 heteroatoms. The summed E-state index contributed by atoms with van der Waals surface area (Å²) in [7, 11) is 0.